The first kappa shape index (κ1) is 24.6. The van der Waals surface area contributed by atoms with Crippen molar-refractivity contribution in [2.24, 2.45) is 7.05 Å². The monoisotopic (exact) mass is 512 g/mol. The zero-order valence-electron chi connectivity index (χ0n) is 19.9. The summed E-state index contributed by atoms with van der Waals surface area (Å²) in [6.45, 7) is 4.39. The lowest BCUT2D eigenvalue weighted by molar-refractivity contribution is -0.143. The highest BCUT2D eigenvalue weighted by molar-refractivity contribution is 5.84. The summed E-state index contributed by atoms with van der Waals surface area (Å²) in [4.78, 5) is 19.6. The molecule has 0 radical (unpaired) electrons. The van der Waals surface area contributed by atoms with Crippen LogP contribution >= 0.6 is 0 Å². The van der Waals surface area contributed by atoms with Gasteiger partial charge < -0.3 is 15.3 Å². The van der Waals surface area contributed by atoms with Crippen LogP contribution in [0.2, 0.25) is 0 Å². The first-order chi connectivity index (χ1) is 17.5. The molecular formula is C27H24F4N4O2. The molecule has 5 rings (SSSR count). The van der Waals surface area contributed by atoms with Crippen molar-refractivity contribution in [1.29, 1.82) is 0 Å². The normalized spacial score (nSPS) is 16.3. The molecule has 1 atom stereocenters. The molecule has 2 N–H and O–H groups in total. The number of halogens is 4. The Labute approximate surface area is 209 Å². The van der Waals surface area contributed by atoms with Gasteiger partial charge in [0.15, 0.2) is 6.04 Å². The van der Waals surface area contributed by atoms with Gasteiger partial charge in [0, 0.05) is 37.0 Å². The molecule has 0 fully saturated rings. The number of hydrogen-bond donors (Lipinski definition) is 2. The maximum absolute atomic E-state index is 14.7. The van der Waals surface area contributed by atoms with Gasteiger partial charge >= 0.3 is 6.18 Å². The minimum Gasteiger partial charge on any atom is -0.508 e. The van der Waals surface area contributed by atoms with Gasteiger partial charge in [-0.1, -0.05) is 30.9 Å². The summed E-state index contributed by atoms with van der Waals surface area (Å²) >= 11 is 0. The standard InChI is InChI=1S/C27H24F4N4O2/c1-15(36)19-9-5-6-10-22(19)32-24(27(29,30)31)20-11-18(28)12-21-23(20)33-26(34(2)25(21)37)35-13-16-7-3-4-8-17(16)14-35/h3,5-7,9-12,24,32,36H,1,4,8,13-14H2,2H3. The first-order valence-corrected chi connectivity index (χ1v) is 11.7. The second kappa shape index (κ2) is 9.10. The highest BCUT2D eigenvalue weighted by atomic mass is 19.4. The minimum absolute atomic E-state index is 0.0537. The quantitative estimate of drug-likeness (QED) is 0.335. The fraction of sp³-hybridized carbons (Fsp3) is 0.259. The van der Waals surface area contributed by atoms with Crippen LogP contribution in [0, 0.1) is 5.82 Å². The number of hydrogen-bond acceptors (Lipinski definition) is 5. The van der Waals surface area contributed by atoms with Crippen molar-refractivity contribution >= 4 is 28.3 Å². The summed E-state index contributed by atoms with van der Waals surface area (Å²) < 4.78 is 59.3. The van der Waals surface area contributed by atoms with Gasteiger partial charge in [0.2, 0.25) is 5.95 Å². The molecule has 1 unspecified atom stereocenters. The number of para-hydroxylation sites is 1. The first-order valence-electron chi connectivity index (χ1n) is 11.7. The Morgan fingerprint density at radius 1 is 1.22 bits per heavy atom. The minimum atomic E-state index is -4.90. The lowest BCUT2D eigenvalue weighted by Gasteiger charge is -2.26. The van der Waals surface area contributed by atoms with Gasteiger partial charge in [0.25, 0.3) is 5.56 Å². The summed E-state index contributed by atoms with van der Waals surface area (Å²) in [6.07, 6.45) is 0.965. The molecule has 0 amide bonds. The third-order valence-electron chi connectivity index (χ3n) is 6.74. The van der Waals surface area contributed by atoms with Crippen LogP contribution in [0.3, 0.4) is 0 Å². The lowest BCUT2D eigenvalue weighted by atomic mass is 10.0. The molecule has 192 valence electrons. The Morgan fingerprint density at radius 3 is 2.68 bits per heavy atom. The third kappa shape index (κ3) is 4.47. The molecule has 0 spiro atoms. The SMILES string of the molecule is C=C(O)c1ccccc1NC(c1cc(F)cc2c(=O)n(C)c(N3CC4=C(CCC=C4)C3)nc12)C(F)(F)F. The molecule has 2 heterocycles. The summed E-state index contributed by atoms with van der Waals surface area (Å²) in [7, 11) is 1.48. The molecule has 3 aromatic rings. The number of aliphatic hydroxyl groups excluding tert-OH is 1. The second-order valence-electron chi connectivity index (χ2n) is 9.20. The number of allylic oxidation sites excluding steroid dienone is 1. The molecule has 0 bridgehead atoms. The Balaban J connectivity index is 1.67. The maximum atomic E-state index is 14.7. The molecule has 1 aliphatic carbocycles. The second-order valence-corrected chi connectivity index (χ2v) is 9.20. The van der Waals surface area contributed by atoms with Gasteiger partial charge in [-0.25, -0.2) is 9.37 Å². The molecule has 0 saturated heterocycles. The van der Waals surface area contributed by atoms with Gasteiger partial charge in [0.05, 0.1) is 10.9 Å². The van der Waals surface area contributed by atoms with Crippen LogP contribution in [0.4, 0.5) is 29.2 Å². The number of aromatic nitrogens is 2. The van der Waals surface area contributed by atoms with Crippen molar-refractivity contribution in [3.05, 3.63) is 93.6 Å². The van der Waals surface area contributed by atoms with E-state index in [-0.39, 0.29) is 28.1 Å². The van der Waals surface area contributed by atoms with E-state index in [0.29, 0.717) is 13.1 Å². The van der Waals surface area contributed by atoms with Crippen LogP contribution in [0.25, 0.3) is 16.7 Å². The van der Waals surface area contributed by atoms with E-state index in [0.717, 1.165) is 30.5 Å². The van der Waals surface area contributed by atoms with E-state index >= 15 is 0 Å². The number of aliphatic hydroxyl groups is 1. The highest BCUT2D eigenvalue weighted by Gasteiger charge is 2.43. The van der Waals surface area contributed by atoms with Gasteiger partial charge in [0.1, 0.15) is 11.6 Å². The number of nitrogens with one attached hydrogen (secondary N) is 1. The Kier molecular flexibility index (Phi) is 6.05. The lowest BCUT2D eigenvalue weighted by Crippen LogP contribution is -2.32. The summed E-state index contributed by atoms with van der Waals surface area (Å²) in [5, 5.41) is 12.0. The van der Waals surface area contributed by atoms with Crippen molar-refractivity contribution < 1.29 is 22.7 Å². The van der Waals surface area contributed by atoms with Gasteiger partial charge in [-0.3, -0.25) is 9.36 Å². The van der Waals surface area contributed by atoms with Crippen molar-refractivity contribution in [3.8, 4) is 0 Å². The molecule has 0 saturated carbocycles. The van der Waals surface area contributed by atoms with E-state index in [1.54, 1.807) is 6.07 Å². The number of nitrogens with zero attached hydrogens (tertiary/aromatic N) is 3. The molecular weight excluding hydrogens is 488 g/mol. The average Bonchev–Trinajstić information content (AvgIpc) is 3.28. The molecule has 2 aliphatic rings. The number of fused-ring (bicyclic) bond motifs is 1. The number of anilines is 2. The van der Waals surface area contributed by atoms with E-state index in [4.69, 9.17) is 0 Å². The van der Waals surface area contributed by atoms with Gasteiger partial charge in [-0.15, -0.1) is 0 Å². The van der Waals surface area contributed by atoms with Gasteiger partial charge in [-0.2, -0.15) is 13.2 Å². The van der Waals surface area contributed by atoms with Crippen LogP contribution in [-0.2, 0) is 7.05 Å². The summed E-state index contributed by atoms with van der Waals surface area (Å²) in [6, 6.07) is 5.02. The smallest absolute Gasteiger partial charge is 0.412 e. The van der Waals surface area contributed by atoms with Crippen molar-refractivity contribution in [2.45, 2.75) is 25.1 Å². The van der Waals surface area contributed by atoms with Crippen molar-refractivity contribution in [1.82, 2.24) is 9.55 Å². The van der Waals surface area contributed by atoms with Crippen LogP contribution in [0.15, 0.2) is 71.1 Å². The maximum Gasteiger partial charge on any atom is 0.412 e. The van der Waals surface area contributed by atoms with Gasteiger partial charge in [-0.05, 0) is 48.3 Å². The predicted octanol–water partition coefficient (Wildman–Crippen LogP) is 5.78. The molecule has 6 nitrogen and oxygen atoms in total. The average molecular weight is 513 g/mol. The van der Waals surface area contributed by atoms with Crippen LogP contribution in [0.5, 0.6) is 0 Å². The highest BCUT2D eigenvalue weighted by Crippen LogP contribution is 2.40. The fourth-order valence-electron chi connectivity index (χ4n) is 4.95. The zero-order valence-corrected chi connectivity index (χ0v) is 19.9. The van der Waals surface area contributed by atoms with Crippen LogP contribution in [-0.4, -0.2) is 33.9 Å². The van der Waals surface area contributed by atoms with E-state index in [1.165, 1.54) is 35.4 Å². The topological polar surface area (TPSA) is 70.4 Å². The number of benzene rings is 2. The molecule has 1 aliphatic heterocycles. The van der Waals surface area contributed by atoms with Crippen molar-refractivity contribution in [2.75, 3.05) is 23.3 Å². The Morgan fingerprint density at radius 2 is 1.97 bits per heavy atom. The summed E-state index contributed by atoms with van der Waals surface area (Å²) in [5.41, 5.74) is 0.895. The zero-order chi connectivity index (χ0) is 26.5. The van der Waals surface area contributed by atoms with E-state index < -0.39 is 34.9 Å². The fourth-order valence-corrected chi connectivity index (χ4v) is 4.95. The largest absolute Gasteiger partial charge is 0.508 e. The Bertz CT molecular complexity index is 1540. The van der Waals surface area contributed by atoms with Crippen molar-refractivity contribution in [3.63, 3.8) is 0 Å². The molecule has 10 heteroatoms. The number of alkyl halides is 3. The Hall–Kier alpha value is -4.08. The number of rotatable bonds is 5. The van der Waals surface area contributed by atoms with Crippen LogP contribution < -0.4 is 15.8 Å². The van der Waals surface area contributed by atoms with Crippen LogP contribution in [0.1, 0.15) is 30.0 Å². The van der Waals surface area contributed by atoms with E-state index in [1.807, 2.05) is 11.0 Å². The molecule has 1 aromatic heterocycles. The molecule has 37 heavy (non-hydrogen) atoms. The van der Waals surface area contributed by atoms with E-state index in [9.17, 15) is 27.5 Å². The third-order valence-corrected chi connectivity index (χ3v) is 6.74. The van der Waals surface area contributed by atoms with E-state index in [2.05, 4.69) is 23.0 Å². The molecule has 2 aromatic carbocycles. The predicted molar refractivity (Wildman–Crippen MR) is 135 cm³/mol. The summed E-state index contributed by atoms with van der Waals surface area (Å²) in [5.74, 6) is -1.21.